The van der Waals surface area contributed by atoms with Crippen molar-refractivity contribution in [3.05, 3.63) is 35.4 Å². The van der Waals surface area contributed by atoms with Crippen LogP contribution < -0.4 is 5.32 Å². The van der Waals surface area contributed by atoms with Crippen molar-refractivity contribution < 1.29 is 14.7 Å². The molecule has 2 aliphatic carbocycles. The van der Waals surface area contributed by atoms with Gasteiger partial charge in [-0.25, -0.2) is 0 Å². The minimum Gasteiger partial charge on any atom is -0.481 e. The minimum atomic E-state index is -0.767. The number of hydrogen-bond donors (Lipinski definition) is 2. The van der Waals surface area contributed by atoms with Crippen LogP contribution in [0.1, 0.15) is 36.8 Å². The summed E-state index contributed by atoms with van der Waals surface area (Å²) in [5.74, 6) is -1.18. The maximum absolute atomic E-state index is 12.3. The lowest BCUT2D eigenvalue weighted by atomic mass is 9.88. The van der Waals surface area contributed by atoms with Crippen molar-refractivity contribution in [2.24, 2.45) is 11.8 Å². The molecule has 112 valence electrons. The van der Waals surface area contributed by atoms with Crippen molar-refractivity contribution in [2.75, 3.05) is 0 Å². The smallest absolute Gasteiger partial charge is 0.306 e. The van der Waals surface area contributed by atoms with Crippen molar-refractivity contribution in [1.29, 1.82) is 0 Å². The molecule has 0 bridgehead atoms. The van der Waals surface area contributed by atoms with Gasteiger partial charge in [0.05, 0.1) is 5.92 Å². The maximum atomic E-state index is 12.3. The molecule has 2 aliphatic rings. The summed E-state index contributed by atoms with van der Waals surface area (Å²) in [6.45, 7) is 0. The molecule has 21 heavy (non-hydrogen) atoms. The molecule has 3 rings (SSSR count). The van der Waals surface area contributed by atoms with E-state index >= 15 is 0 Å². The molecule has 1 aromatic rings. The summed E-state index contributed by atoms with van der Waals surface area (Å²) in [4.78, 5) is 23.3. The van der Waals surface area contributed by atoms with Crippen LogP contribution in [0.4, 0.5) is 0 Å². The summed E-state index contributed by atoms with van der Waals surface area (Å²) in [5.41, 5.74) is 2.71. The third kappa shape index (κ3) is 3.09. The van der Waals surface area contributed by atoms with Gasteiger partial charge in [0, 0.05) is 12.0 Å². The number of carbonyl (C=O) groups is 2. The number of aryl methyl sites for hydroxylation is 1. The molecule has 1 aromatic carbocycles. The van der Waals surface area contributed by atoms with Crippen molar-refractivity contribution in [3.63, 3.8) is 0 Å². The monoisotopic (exact) mass is 287 g/mol. The number of nitrogens with one attached hydrogen (secondary N) is 1. The zero-order valence-corrected chi connectivity index (χ0v) is 12.0. The van der Waals surface area contributed by atoms with Gasteiger partial charge in [-0.1, -0.05) is 24.3 Å². The van der Waals surface area contributed by atoms with E-state index in [1.165, 1.54) is 11.1 Å². The standard InChI is InChI=1S/C17H21NO3/c19-16(13-5-6-14(9-13)17(20)21)18-15-8-7-11-3-1-2-4-12(11)10-15/h1-4,13-15H,5-10H2,(H,18,19)(H,20,21). The molecule has 2 N–H and O–H groups in total. The SMILES string of the molecule is O=C(O)C1CCC(C(=O)NC2CCc3ccccc3C2)C1. The van der Waals surface area contributed by atoms with Gasteiger partial charge in [-0.05, 0) is 49.7 Å². The van der Waals surface area contributed by atoms with E-state index in [-0.39, 0.29) is 23.8 Å². The average molecular weight is 287 g/mol. The number of aliphatic carboxylic acids is 1. The molecule has 0 aromatic heterocycles. The Hall–Kier alpha value is -1.84. The van der Waals surface area contributed by atoms with Crippen LogP contribution in [0.5, 0.6) is 0 Å². The summed E-state index contributed by atoms with van der Waals surface area (Å²) < 4.78 is 0. The predicted molar refractivity (Wildman–Crippen MR) is 78.9 cm³/mol. The quantitative estimate of drug-likeness (QED) is 0.895. The van der Waals surface area contributed by atoms with Crippen LogP contribution in [0.25, 0.3) is 0 Å². The Morgan fingerprint density at radius 1 is 1.05 bits per heavy atom. The van der Waals surface area contributed by atoms with E-state index in [9.17, 15) is 9.59 Å². The lowest BCUT2D eigenvalue weighted by molar-refractivity contribution is -0.141. The number of fused-ring (bicyclic) bond motifs is 1. The number of carbonyl (C=O) groups excluding carboxylic acids is 1. The number of hydrogen-bond acceptors (Lipinski definition) is 2. The minimum absolute atomic E-state index is 0.0446. The Morgan fingerprint density at radius 2 is 1.76 bits per heavy atom. The van der Waals surface area contributed by atoms with Crippen LogP contribution in [0.15, 0.2) is 24.3 Å². The highest BCUT2D eigenvalue weighted by Crippen LogP contribution is 2.31. The van der Waals surface area contributed by atoms with Gasteiger partial charge < -0.3 is 10.4 Å². The van der Waals surface area contributed by atoms with Gasteiger partial charge in [-0.3, -0.25) is 9.59 Å². The van der Waals surface area contributed by atoms with Crippen LogP contribution in [-0.4, -0.2) is 23.0 Å². The normalized spacial score (nSPS) is 27.9. The molecule has 4 heteroatoms. The Balaban J connectivity index is 1.56. The summed E-state index contributed by atoms with van der Waals surface area (Å²) in [5, 5.41) is 12.1. The molecule has 0 radical (unpaired) electrons. The number of rotatable bonds is 3. The fourth-order valence-corrected chi connectivity index (χ4v) is 3.58. The maximum Gasteiger partial charge on any atom is 0.306 e. The van der Waals surface area contributed by atoms with Crippen LogP contribution in [0.3, 0.4) is 0 Å². The van der Waals surface area contributed by atoms with E-state index in [0.717, 1.165) is 19.3 Å². The third-order valence-electron chi connectivity index (χ3n) is 4.85. The number of carboxylic acids is 1. The fourth-order valence-electron chi connectivity index (χ4n) is 3.58. The molecule has 3 atom stereocenters. The lowest BCUT2D eigenvalue weighted by Gasteiger charge is -2.26. The first-order valence-corrected chi connectivity index (χ1v) is 7.73. The van der Waals surface area contributed by atoms with E-state index < -0.39 is 5.97 Å². The summed E-state index contributed by atoms with van der Waals surface area (Å²) >= 11 is 0. The second kappa shape index (κ2) is 5.88. The Labute approximate surface area is 124 Å². The first-order valence-electron chi connectivity index (χ1n) is 7.73. The molecule has 3 unspecified atom stereocenters. The van der Waals surface area contributed by atoms with E-state index in [0.29, 0.717) is 19.3 Å². The third-order valence-corrected chi connectivity index (χ3v) is 4.85. The van der Waals surface area contributed by atoms with Crippen LogP contribution in [0, 0.1) is 11.8 Å². The highest BCUT2D eigenvalue weighted by molar-refractivity contribution is 5.81. The van der Waals surface area contributed by atoms with Crippen molar-refractivity contribution >= 4 is 11.9 Å². The second-order valence-corrected chi connectivity index (χ2v) is 6.26. The molecule has 1 amide bonds. The van der Waals surface area contributed by atoms with E-state index in [1.54, 1.807) is 0 Å². The lowest BCUT2D eigenvalue weighted by Crippen LogP contribution is -2.41. The number of benzene rings is 1. The largest absolute Gasteiger partial charge is 0.481 e. The Kier molecular flexibility index (Phi) is 3.95. The van der Waals surface area contributed by atoms with E-state index in [1.807, 2.05) is 6.07 Å². The van der Waals surface area contributed by atoms with Crippen molar-refractivity contribution in [1.82, 2.24) is 5.32 Å². The molecule has 0 heterocycles. The van der Waals surface area contributed by atoms with Gasteiger partial charge in [-0.15, -0.1) is 0 Å². The van der Waals surface area contributed by atoms with Gasteiger partial charge in [0.25, 0.3) is 0 Å². The van der Waals surface area contributed by atoms with E-state index in [2.05, 4.69) is 23.5 Å². The van der Waals surface area contributed by atoms with Crippen LogP contribution in [0.2, 0.25) is 0 Å². The molecule has 0 aliphatic heterocycles. The van der Waals surface area contributed by atoms with Gasteiger partial charge in [-0.2, -0.15) is 0 Å². The predicted octanol–water partition coefficient (Wildman–Crippen LogP) is 2.16. The van der Waals surface area contributed by atoms with Crippen LogP contribution >= 0.6 is 0 Å². The molecule has 1 saturated carbocycles. The average Bonchev–Trinajstić information content (AvgIpc) is 2.97. The van der Waals surface area contributed by atoms with Crippen LogP contribution in [-0.2, 0) is 22.4 Å². The van der Waals surface area contributed by atoms with Gasteiger partial charge in [0.1, 0.15) is 0 Å². The van der Waals surface area contributed by atoms with Gasteiger partial charge in [0.2, 0.25) is 5.91 Å². The van der Waals surface area contributed by atoms with Crippen molar-refractivity contribution in [2.45, 2.75) is 44.6 Å². The zero-order chi connectivity index (χ0) is 14.8. The fraction of sp³-hybridized carbons (Fsp3) is 0.529. The topological polar surface area (TPSA) is 66.4 Å². The summed E-state index contributed by atoms with van der Waals surface area (Å²) in [7, 11) is 0. The van der Waals surface area contributed by atoms with Crippen molar-refractivity contribution in [3.8, 4) is 0 Å². The number of carboxylic acid groups (broad SMARTS) is 1. The highest BCUT2D eigenvalue weighted by atomic mass is 16.4. The van der Waals surface area contributed by atoms with E-state index in [4.69, 9.17) is 5.11 Å². The molecule has 0 saturated heterocycles. The second-order valence-electron chi connectivity index (χ2n) is 6.26. The molecule has 0 spiro atoms. The van der Waals surface area contributed by atoms with Gasteiger partial charge in [0.15, 0.2) is 0 Å². The van der Waals surface area contributed by atoms with Gasteiger partial charge >= 0.3 is 5.97 Å². The highest BCUT2D eigenvalue weighted by Gasteiger charge is 2.34. The summed E-state index contributed by atoms with van der Waals surface area (Å²) in [6, 6.07) is 8.57. The molecular weight excluding hydrogens is 266 g/mol. The number of amides is 1. The first-order chi connectivity index (χ1) is 10.1. The zero-order valence-electron chi connectivity index (χ0n) is 12.0. The Bertz CT molecular complexity index is 555. The molecule has 4 nitrogen and oxygen atoms in total. The first kappa shape index (κ1) is 14.1. The molecular formula is C17H21NO3. The summed E-state index contributed by atoms with van der Waals surface area (Å²) in [6.07, 6.45) is 4.68. The Morgan fingerprint density at radius 3 is 2.48 bits per heavy atom. The molecule has 1 fully saturated rings.